The normalized spacial score (nSPS) is 11.8. The average Bonchev–Trinajstić information content (AvgIpc) is 3.27. The molecule has 178 valence electrons. The number of halogens is 1. The summed E-state index contributed by atoms with van der Waals surface area (Å²) in [6.45, 7) is 0.0687. The lowest BCUT2D eigenvalue weighted by molar-refractivity contribution is -0.136. The molecule has 3 N–H and O–H groups in total. The topological polar surface area (TPSA) is 99.3 Å². The van der Waals surface area contributed by atoms with E-state index in [9.17, 15) is 14.4 Å². The number of aromatic amines is 1. The summed E-state index contributed by atoms with van der Waals surface area (Å²) in [4.78, 5) is 39.7. The fourth-order valence-corrected chi connectivity index (χ4v) is 4.25. The molecule has 3 aromatic carbocycles. The van der Waals surface area contributed by atoms with Crippen molar-refractivity contribution in [3.05, 3.63) is 106 Å². The Morgan fingerprint density at radius 3 is 2.26 bits per heavy atom. The van der Waals surface area contributed by atoms with Crippen molar-refractivity contribution in [1.82, 2.24) is 10.3 Å². The summed E-state index contributed by atoms with van der Waals surface area (Å²) in [6, 6.07) is 24.3. The van der Waals surface area contributed by atoms with Crippen LogP contribution in [0.15, 0.2) is 78.9 Å². The summed E-state index contributed by atoms with van der Waals surface area (Å²) >= 11 is 6.11. The van der Waals surface area contributed by atoms with E-state index in [-0.39, 0.29) is 30.6 Å². The van der Waals surface area contributed by atoms with Crippen LogP contribution in [0.2, 0.25) is 5.02 Å². The zero-order valence-electron chi connectivity index (χ0n) is 19.0. The van der Waals surface area contributed by atoms with Crippen molar-refractivity contribution in [2.45, 2.75) is 19.3 Å². The average molecular weight is 489 g/mol. The number of hydrogen-bond donors (Lipinski definition) is 3. The molecule has 0 radical (unpaired) electrons. The summed E-state index contributed by atoms with van der Waals surface area (Å²) < 4.78 is 0. The summed E-state index contributed by atoms with van der Waals surface area (Å²) in [5, 5.41) is 12.8. The highest BCUT2D eigenvalue weighted by Gasteiger charge is 2.23. The first-order chi connectivity index (χ1) is 16.9. The maximum Gasteiger partial charge on any atom is 0.305 e. The molecular weight excluding hydrogens is 464 g/mol. The zero-order chi connectivity index (χ0) is 24.8. The van der Waals surface area contributed by atoms with Crippen LogP contribution >= 0.6 is 11.6 Å². The standard InChI is InChI=1S/C28H25ClN2O4/c29-23-10-11-24-21(16-23)17-25(31-24)27(34)22(14-18-4-2-1-3-5-18)15-19-6-8-20(9-7-19)28(35)30-13-12-26(32)33/h1-11,16-17,22,31H,12-15H2,(H,30,35)(H,32,33). The van der Waals surface area contributed by atoms with Gasteiger partial charge in [-0.3, -0.25) is 14.4 Å². The second kappa shape index (κ2) is 11.0. The molecule has 35 heavy (non-hydrogen) atoms. The number of carboxylic acid groups (broad SMARTS) is 1. The summed E-state index contributed by atoms with van der Waals surface area (Å²) in [7, 11) is 0. The Bertz CT molecular complexity index is 1350. The number of rotatable bonds is 10. The smallest absolute Gasteiger partial charge is 0.305 e. The van der Waals surface area contributed by atoms with Gasteiger partial charge < -0.3 is 15.4 Å². The summed E-state index contributed by atoms with van der Waals surface area (Å²) in [5.74, 6) is -1.59. The Balaban J connectivity index is 1.53. The van der Waals surface area contributed by atoms with Gasteiger partial charge in [-0.2, -0.15) is 0 Å². The molecule has 0 bridgehead atoms. The van der Waals surface area contributed by atoms with Crippen molar-refractivity contribution in [3.63, 3.8) is 0 Å². The second-order valence-electron chi connectivity index (χ2n) is 8.47. The van der Waals surface area contributed by atoms with Gasteiger partial charge in [0.1, 0.15) is 0 Å². The maximum atomic E-state index is 13.6. The van der Waals surface area contributed by atoms with Gasteiger partial charge >= 0.3 is 5.97 Å². The number of carbonyl (C=O) groups excluding carboxylic acids is 2. The molecule has 0 spiro atoms. The molecule has 6 nitrogen and oxygen atoms in total. The van der Waals surface area contributed by atoms with Gasteiger partial charge in [0, 0.05) is 34.0 Å². The number of amides is 1. The van der Waals surface area contributed by atoms with E-state index in [0.717, 1.165) is 22.0 Å². The van der Waals surface area contributed by atoms with E-state index in [4.69, 9.17) is 16.7 Å². The molecule has 4 rings (SSSR count). The Morgan fingerprint density at radius 1 is 0.886 bits per heavy atom. The second-order valence-corrected chi connectivity index (χ2v) is 8.90. The molecule has 0 aliphatic rings. The molecule has 0 aliphatic heterocycles. The number of ketones is 1. The van der Waals surface area contributed by atoms with Gasteiger partial charge in [-0.05, 0) is 60.4 Å². The number of H-pyrrole nitrogens is 1. The minimum absolute atomic E-state index is 0.0108. The molecule has 0 saturated carbocycles. The summed E-state index contributed by atoms with van der Waals surface area (Å²) in [6.07, 6.45) is 0.949. The minimum Gasteiger partial charge on any atom is -0.481 e. The number of aromatic nitrogens is 1. The van der Waals surface area contributed by atoms with Crippen LogP contribution in [0.4, 0.5) is 0 Å². The van der Waals surface area contributed by atoms with Gasteiger partial charge in [0.15, 0.2) is 5.78 Å². The highest BCUT2D eigenvalue weighted by atomic mass is 35.5. The van der Waals surface area contributed by atoms with E-state index in [0.29, 0.717) is 29.1 Å². The Labute approximate surface area is 207 Å². The lowest BCUT2D eigenvalue weighted by Crippen LogP contribution is -2.26. The summed E-state index contributed by atoms with van der Waals surface area (Å²) in [5.41, 5.74) is 3.84. The molecule has 1 atom stereocenters. The fourth-order valence-electron chi connectivity index (χ4n) is 4.07. The number of carboxylic acids is 1. The third-order valence-electron chi connectivity index (χ3n) is 5.87. The van der Waals surface area contributed by atoms with Gasteiger partial charge in [-0.15, -0.1) is 0 Å². The molecule has 1 amide bonds. The van der Waals surface area contributed by atoms with E-state index in [2.05, 4.69) is 10.3 Å². The van der Waals surface area contributed by atoms with Crippen LogP contribution < -0.4 is 5.32 Å². The quantitative estimate of drug-likeness (QED) is 0.263. The molecule has 1 heterocycles. The molecule has 4 aromatic rings. The Kier molecular flexibility index (Phi) is 7.63. The van der Waals surface area contributed by atoms with Crippen molar-refractivity contribution in [2.75, 3.05) is 6.54 Å². The van der Waals surface area contributed by atoms with Crippen molar-refractivity contribution in [1.29, 1.82) is 0 Å². The highest BCUT2D eigenvalue weighted by Crippen LogP contribution is 2.24. The van der Waals surface area contributed by atoms with Crippen molar-refractivity contribution < 1.29 is 19.5 Å². The Hall–Kier alpha value is -3.90. The zero-order valence-corrected chi connectivity index (χ0v) is 19.7. The molecule has 1 unspecified atom stereocenters. The molecule has 0 fully saturated rings. The number of nitrogens with one attached hydrogen (secondary N) is 2. The number of hydrogen-bond acceptors (Lipinski definition) is 3. The van der Waals surface area contributed by atoms with Crippen LogP contribution in [0.1, 0.15) is 38.4 Å². The largest absolute Gasteiger partial charge is 0.481 e. The van der Waals surface area contributed by atoms with Gasteiger partial charge in [0.05, 0.1) is 12.1 Å². The lowest BCUT2D eigenvalue weighted by atomic mass is 9.87. The van der Waals surface area contributed by atoms with Crippen LogP contribution in [0.5, 0.6) is 0 Å². The van der Waals surface area contributed by atoms with E-state index < -0.39 is 5.97 Å². The van der Waals surface area contributed by atoms with Gasteiger partial charge in [0.25, 0.3) is 5.91 Å². The van der Waals surface area contributed by atoms with Gasteiger partial charge in [-0.1, -0.05) is 54.1 Å². The predicted octanol–water partition coefficient (Wildman–Crippen LogP) is 5.31. The number of fused-ring (bicyclic) bond motifs is 1. The van der Waals surface area contributed by atoms with Crippen LogP contribution in [0.3, 0.4) is 0 Å². The third kappa shape index (κ3) is 6.37. The monoisotopic (exact) mass is 488 g/mol. The number of Topliss-reactive ketones (excluding diaryl/α,β-unsaturated/α-hetero) is 1. The van der Waals surface area contributed by atoms with Gasteiger partial charge in [0.2, 0.25) is 0 Å². The fraction of sp³-hybridized carbons (Fsp3) is 0.179. The number of benzene rings is 3. The van der Waals surface area contributed by atoms with E-state index in [1.165, 1.54) is 0 Å². The number of carbonyl (C=O) groups is 3. The van der Waals surface area contributed by atoms with Gasteiger partial charge in [-0.25, -0.2) is 0 Å². The first kappa shape index (κ1) is 24.2. The third-order valence-corrected chi connectivity index (χ3v) is 6.10. The van der Waals surface area contributed by atoms with Crippen molar-refractivity contribution in [3.8, 4) is 0 Å². The molecule has 1 aromatic heterocycles. The molecule has 7 heteroatoms. The first-order valence-corrected chi connectivity index (χ1v) is 11.7. The van der Waals surface area contributed by atoms with Crippen LogP contribution in [0, 0.1) is 5.92 Å². The lowest BCUT2D eigenvalue weighted by Gasteiger charge is -2.16. The van der Waals surface area contributed by atoms with Crippen LogP contribution in [-0.4, -0.2) is 34.3 Å². The predicted molar refractivity (Wildman–Crippen MR) is 136 cm³/mol. The molecule has 0 aliphatic carbocycles. The molecular formula is C28H25ClN2O4. The SMILES string of the molecule is O=C(O)CCNC(=O)c1ccc(CC(Cc2ccccc2)C(=O)c2cc3cc(Cl)ccc3[nH]2)cc1. The van der Waals surface area contributed by atoms with E-state index in [1.807, 2.05) is 60.7 Å². The Morgan fingerprint density at radius 2 is 1.57 bits per heavy atom. The van der Waals surface area contributed by atoms with Crippen LogP contribution in [0.25, 0.3) is 10.9 Å². The minimum atomic E-state index is -0.965. The van der Waals surface area contributed by atoms with E-state index in [1.54, 1.807) is 18.2 Å². The van der Waals surface area contributed by atoms with E-state index >= 15 is 0 Å². The first-order valence-electron chi connectivity index (χ1n) is 11.3. The number of aliphatic carboxylic acids is 1. The maximum absolute atomic E-state index is 13.6. The van der Waals surface area contributed by atoms with Crippen molar-refractivity contribution >= 4 is 40.2 Å². The molecule has 0 saturated heterocycles. The van der Waals surface area contributed by atoms with Crippen LogP contribution in [-0.2, 0) is 17.6 Å². The van der Waals surface area contributed by atoms with Crippen molar-refractivity contribution in [2.24, 2.45) is 5.92 Å². The highest BCUT2D eigenvalue weighted by molar-refractivity contribution is 6.31.